The molecule has 1 aromatic rings. The van der Waals surface area contributed by atoms with E-state index in [0.717, 1.165) is 4.47 Å². The van der Waals surface area contributed by atoms with Crippen molar-refractivity contribution in [3.8, 4) is 0 Å². The van der Waals surface area contributed by atoms with Crippen molar-refractivity contribution in [2.24, 2.45) is 0 Å². The molecule has 1 aliphatic heterocycles. The van der Waals surface area contributed by atoms with Crippen molar-refractivity contribution in [2.75, 3.05) is 11.5 Å². The van der Waals surface area contributed by atoms with Crippen LogP contribution < -0.4 is 0 Å². The number of halogens is 1. The molecule has 0 saturated carbocycles. The van der Waals surface area contributed by atoms with Crippen molar-refractivity contribution in [3.05, 3.63) is 34.3 Å². The van der Waals surface area contributed by atoms with Gasteiger partial charge in [-0.05, 0) is 42.5 Å². The van der Waals surface area contributed by atoms with Crippen LogP contribution >= 0.6 is 39.5 Å². The van der Waals surface area contributed by atoms with E-state index in [1.165, 1.54) is 23.5 Å². The summed E-state index contributed by atoms with van der Waals surface area (Å²) in [5.74, 6) is 2.58. The van der Waals surface area contributed by atoms with E-state index in [0.29, 0.717) is 0 Å². The summed E-state index contributed by atoms with van der Waals surface area (Å²) in [7, 11) is 0. The lowest BCUT2D eigenvalue weighted by molar-refractivity contribution is 0.963. The summed E-state index contributed by atoms with van der Waals surface area (Å²) in [5, 5.41) is 0. The predicted molar refractivity (Wildman–Crippen MR) is 71.0 cm³/mol. The Balaban J connectivity index is 2.23. The van der Waals surface area contributed by atoms with E-state index in [9.17, 15) is 0 Å². The van der Waals surface area contributed by atoms with Crippen LogP contribution in [0.4, 0.5) is 0 Å². The fraction of sp³-hybridized carbons (Fsp3) is 0.455. The summed E-state index contributed by atoms with van der Waals surface area (Å²) in [6, 6.07) is 8.73. The Labute approximate surface area is 102 Å². The van der Waals surface area contributed by atoms with Crippen LogP contribution in [0, 0.1) is 0 Å². The zero-order chi connectivity index (χ0) is 10.0. The van der Waals surface area contributed by atoms with Crippen molar-refractivity contribution in [1.29, 1.82) is 0 Å². The molecular weight excluding hydrogens is 276 g/mol. The van der Waals surface area contributed by atoms with Gasteiger partial charge in [-0.1, -0.05) is 28.1 Å². The van der Waals surface area contributed by atoms with Crippen LogP contribution in [0.15, 0.2) is 28.7 Å². The largest absolute Gasteiger partial charge is 0.140 e. The maximum atomic E-state index is 3.47. The average molecular weight is 289 g/mol. The van der Waals surface area contributed by atoms with Gasteiger partial charge in [0.25, 0.3) is 0 Å². The Bertz CT molecular complexity index is 302. The summed E-state index contributed by atoms with van der Waals surface area (Å²) < 4.78 is 1.44. The van der Waals surface area contributed by atoms with Gasteiger partial charge in [-0.25, -0.2) is 0 Å². The standard InChI is InChI=1S/C11H13BrS2/c1-11(13-7-2-8-14-11)9-3-5-10(12)6-4-9/h3-6H,2,7-8H2,1H3. The molecule has 2 rings (SSSR count). The van der Waals surface area contributed by atoms with E-state index in [1.807, 2.05) is 0 Å². The second-order valence-corrected chi connectivity index (χ2v) is 7.70. The molecule has 0 N–H and O–H groups in total. The second-order valence-electron chi connectivity index (χ2n) is 3.50. The molecule has 0 amide bonds. The lowest BCUT2D eigenvalue weighted by atomic mass is 10.2. The van der Waals surface area contributed by atoms with Gasteiger partial charge in [-0.2, -0.15) is 0 Å². The van der Waals surface area contributed by atoms with Crippen LogP contribution in [-0.4, -0.2) is 11.5 Å². The molecule has 0 aliphatic carbocycles. The minimum Gasteiger partial charge on any atom is -0.140 e. The minimum absolute atomic E-state index is 0.277. The summed E-state index contributed by atoms with van der Waals surface area (Å²) >= 11 is 7.62. The number of thioether (sulfide) groups is 2. The van der Waals surface area contributed by atoms with E-state index in [1.54, 1.807) is 0 Å². The molecule has 0 spiro atoms. The van der Waals surface area contributed by atoms with Gasteiger partial charge in [0, 0.05) is 4.47 Å². The van der Waals surface area contributed by atoms with Crippen LogP contribution in [0.1, 0.15) is 18.9 Å². The molecule has 0 unspecified atom stereocenters. The first-order valence-corrected chi connectivity index (χ1v) is 7.51. The van der Waals surface area contributed by atoms with Crippen LogP contribution in [-0.2, 0) is 4.08 Å². The van der Waals surface area contributed by atoms with Crippen molar-refractivity contribution >= 4 is 39.5 Å². The highest BCUT2D eigenvalue weighted by Gasteiger charge is 2.29. The van der Waals surface area contributed by atoms with Gasteiger partial charge in [-0.15, -0.1) is 23.5 Å². The molecule has 0 nitrogen and oxygen atoms in total. The molecule has 3 heteroatoms. The maximum absolute atomic E-state index is 3.47. The van der Waals surface area contributed by atoms with Crippen LogP contribution in [0.3, 0.4) is 0 Å². The monoisotopic (exact) mass is 288 g/mol. The van der Waals surface area contributed by atoms with Crippen LogP contribution in [0.5, 0.6) is 0 Å². The number of benzene rings is 1. The van der Waals surface area contributed by atoms with E-state index >= 15 is 0 Å². The SMILES string of the molecule is CC1(c2ccc(Br)cc2)SCCCS1. The van der Waals surface area contributed by atoms with Crippen LogP contribution in [0.2, 0.25) is 0 Å². The molecule has 0 radical (unpaired) electrons. The molecule has 1 aliphatic rings. The first kappa shape index (κ1) is 10.9. The predicted octanol–water partition coefficient (Wildman–Crippen LogP) is 4.49. The lowest BCUT2D eigenvalue weighted by Gasteiger charge is -2.32. The summed E-state index contributed by atoms with van der Waals surface area (Å²) in [6.07, 6.45) is 1.35. The van der Waals surface area contributed by atoms with E-state index < -0.39 is 0 Å². The molecule has 0 bridgehead atoms. The molecular formula is C11H13BrS2. The smallest absolute Gasteiger partial charge is 0.0832 e. The highest BCUT2D eigenvalue weighted by molar-refractivity contribution is 9.10. The van der Waals surface area contributed by atoms with Gasteiger partial charge < -0.3 is 0 Å². The zero-order valence-electron chi connectivity index (χ0n) is 8.13. The lowest BCUT2D eigenvalue weighted by Crippen LogP contribution is -2.18. The van der Waals surface area contributed by atoms with Gasteiger partial charge in [0.05, 0.1) is 4.08 Å². The van der Waals surface area contributed by atoms with Crippen molar-refractivity contribution < 1.29 is 0 Å². The Kier molecular flexibility index (Phi) is 3.50. The van der Waals surface area contributed by atoms with E-state index in [2.05, 4.69) is 70.6 Å². The third-order valence-corrected chi connectivity index (χ3v) is 6.21. The number of hydrogen-bond donors (Lipinski definition) is 0. The molecule has 1 aromatic carbocycles. The first-order chi connectivity index (χ1) is 6.71. The highest BCUT2D eigenvalue weighted by Crippen LogP contribution is 2.49. The number of rotatable bonds is 1. The molecule has 14 heavy (non-hydrogen) atoms. The van der Waals surface area contributed by atoms with Crippen molar-refractivity contribution in [3.63, 3.8) is 0 Å². The average Bonchev–Trinajstić information content (AvgIpc) is 2.19. The summed E-state index contributed by atoms with van der Waals surface area (Å²) in [6.45, 7) is 2.34. The fourth-order valence-electron chi connectivity index (χ4n) is 1.55. The topological polar surface area (TPSA) is 0 Å². The zero-order valence-corrected chi connectivity index (χ0v) is 11.3. The Morgan fingerprint density at radius 3 is 2.29 bits per heavy atom. The van der Waals surface area contributed by atoms with E-state index in [4.69, 9.17) is 0 Å². The Morgan fingerprint density at radius 1 is 1.14 bits per heavy atom. The molecule has 0 atom stereocenters. The number of hydrogen-bond acceptors (Lipinski definition) is 2. The van der Waals surface area contributed by atoms with Gasteiger partial charge in [0.1, 0.15) is 0 Å². The summed E-state index contributed by atoms with van der Waals surface area (Å²) in [4.78, 5) is 0. The highest BCUT2D eigenvalue weighted by atomic mass is 79.9. The minimum atomic E-state index is 0.277. The Morgan fingerprint density at radius 2 is 1.71 bits per heavy atom. The second kappa shape index (κ2) is 4.50. The summed E-state index contributed by atoms with van der Waals surface area (Å²) in [5.41, 5.74) is 1.44. The molecule has 1 saturated heterocycles. The van der Waals surface area contributed by atoms with E-state index in [-0.39, 0.29) is 4.08 Å². The van der Waals surface area contributed by atoms with Crippen molar-refractivity contribution in [2.45, 2.75) is 17.4 Å². The van der Waals surface area contributed by atoms with Gasteiger partial charge in [0.2, 0.25) is 0 Å². The molecule has 0 aromatic heterocycles. The van der Waals surface area contributed by atoms with Crippen LogP contribution in [0.25, 0.3) is 0 Å². The molecule has 76 valence electrons. The first-order valence-electron chi connectivity index (χ1n) is 4.75. The maximum Gasteiger partial charge on any atom is 0.0832 e. The fourth-order valence-corrected chi connectivity index (χ4v) is 4.80. The quantitative estimate of drug-likeness (QED) is 0.747. The van der Waals surface area contributed by atoms with Gasteiger partial charge in [0.15, 0.2) is 0 Å². The normalized spacial score (nSPS) is 20.7. The Hall–Kier alpha value is 0.400. The molecule has 1 fully saturated rings. The third-order valence-electron chi connectivity index (χ3n) is 2.41. The van der Waals surface area contributed by atoms with Crippen molar-refractivity contribution in [1.82, 2.24) is 0 Å². The molecule has 1 heterocycles. The third kappa shape index (κ3) is 2.31. The van der Waals surface area contributed by atoms with Gasteiger partial charge in [-0.3, -0.25) is 0 Å². The van der Waals surface area contributed by atoms with Gasteiger partial charge >= 0.3 is 0 Å².